The van der Waals surface area contributed by atoms with Crippen molar-refractivity contribution in [2.75, 3.05) is 14.2 Å². The van der Waals surface area contributed by atoms with Gasteiger partial charge in [-0.3, -0.25) is 0 Å². The Morgan fingerprint density at radius 1 is 0.750 bits per heavy atom. The number of hydrogen-bond acceptors (Lipinski definition) is 2. The summed E-state index contributed by atoms with van der Waals surface area (Å²) in [7, 11) is 3.27. The molecule has 16 heavy (non-hydrogen) atoms. The molecule has 0 heterocycles. The number of rotatable bonds is 2. The third kappa shape index (κ3) is 2.04. The molecule has 0 aliphatic heterocycles. The Kier molecular flexibility index (Phi) is 3.40. The number of hydrogen-bond donors (Lipinski definition) is 0. The van der Waals surface area contributed by atoms with E-state index in [0.29, 0.717) is 0 Å². The van der Waals surface area contributed by atoms with Gasteiger partial charge >= 0.3 is 0 Å². The van der Waals surface area contributed by atoms with Gasteiger partial charge in [0.05, 0.1) is 14.2 Å². The zero-order chi connectivity index (χ0) is 11.7. The van der Waals surface area contributed by atoms with E-state index in [2.05, 4.69) is 31.9 Å². The van der Waals surface area contributed by atoms with Gasteiger partial charge < -0.3 is 9.47 Å². The lowest BCUT2D eigenvalue weighted by atomic mass is 10.1. The quantitative estimate of drug-likeness (QED) is 0.804. The molecule has 0 fully saturated rings. The molecular formula is C12H10Br2O2. The zero-order valence-electron chi connectivity index (χ0n) is 8.88. The molecule has 0 spiro atoms. The monoisotopic (exact) mass is 344 g/mol. The summed E-state index contributed by atoms with van der Waals surface area (Å²) in [6, 6.07) is 8.01. The minimum atomic E-state index is 0.740. The van der Waals surface area contributed by atoms with Crippen LogP contribution in [0.25, 0.3) is 10.8 Å². The van der Waals surface area contributed by atoms with E-state index in [4.69, 9.17) is 9.47 Å². The van der Waals surface area contributed by atoms with Crippen LogP contribution in [0.15, 0.2) is 33.2 Å². The molecule has 2 nitrogen and oxygen atoms in total. The number of methoxy groups -OCH3 is 2. The fourth-order valence-corrected chi connectivity index (χ4v) is 2.29. The minimum absolute atomic E-state index is 0.740. The summed E-state index contributed by atoms with van der Waals surface area (Å²) in [5.74, 6) is 1.48. The fourth-order valence-electron chi connectivity index (χ4n) is 1.57. The first-order valence-electron chi connectivity index (χ1n) is 4.66. The Morgan fingerprint density at radius 2 is 1.12 bits per heavy atom. The van der Waals surface area contributed by atoms with Crippen LogP contribution in [0, 0.1) is 0 Å². The lowest BCUT2D eigenvalue weighted by Gasteiger charge is -2.09. The van der Waals surface area contributed by atoms with Crippen molar-refractivity contribution in [2.24, 2.45) is 0 Å². The van der Waals surface area contributed by atoms with Gasteiger partial charge in [0.25, 0.3) is 0 Å². The summed E-state index contributed by atoms with van der Waals surface area (Å²) in [5, 5.41) is 2.21. The van der Waals surface area contributed by atoms with E-state index >= 15 is 0 Å². The predicted molar refractivity (Wildman–Crippen MR) is 72.5 cm³/mol. The van der Waals surface area contributed by atoms with E-state index in [1.807, 2.05) is 24.3 Å². The molecule has 2 aromatic rings. The highest BCUT2D eigenvalue weighted by Crippen LogP contribution is 2.35. The van der Waals surface area contributed by atoms with E-state index in [1.54, 1.807) is 14.2 Å². The Balaban J connectivity index is 2.73. The molecule has 84 valence electrons. The normalized spacial score (nSPS) is 10.5. The van der Waals surface area contributed by atoms with Crippen LogP contribution in [0.4, 0.5) is 0 Å². The summed E-state index contributed by atoms with van der Waals surface area (Å²) in [6.07, 6.45) is 0. The van der Waals surface area contributed by atoms with Crippen LogP contribution in [0.1, 0.15) is 0 Å². The van der Waals surface area contributed by atoms with Crippen molar-refractivity contribution in [3.05, 3.63) is 33.2 Å². The van der Waals surface area contributed by atoms with Crippen LogP contribution in [-0.4, -0.2) is 14.2 Å². The molecule has 2 aromatic carbocycles. The van der Waals surface area contributed by atoms with Gasteiger partial charge in [-0.05, 0) is 66.9 Å². The van der Waals surface area contributed by atoms with Crippen molar-refractivity contribution >= 4 is 42.6 Å². The first kappa shape index (κ1) is 11.7. The van der Waals surface area contributed by atoms with E-state index in [1.165, 1.54) is 0 Å². The van der Waals surface area contributed by atoms with Crippen molar-refractivity contribution in [2.45, 2.75) is 0 Å². The minimum Gasteiger partial charge on any atom is -0.493 e. The first-order valence-corrected chi connectivity index (χ1v) is 6.25. The van der Waals surface area contributed by atoms with Crippen molar-refractivity contribution in [1.82, 2.24) is 0 Å². The smallest absolute Gasteiger partial charge is 0.161 e. The van der Waals surface area contributed by atoms with E-state index in [0.717, 1.165) is 31.2 Å². The Labute approximate surface area is 111 Å². The van der Waals surface area contributed by atoms with Crippen LogP contribution in [0.5, 0.6) is 11.5 Å². The van der Waals surface area contributed by atoms with Gasteiger partial charge in [0.2, 0.25) is 0 Å². The number of fused-ring (bicyclic) bond motifs is 1. The summed E-state index contributed by atoms with van der Waals surface area (Å²) in [4.78, 5) is 0. The molecule has 0 aromatic heterocycles. The maximum absolute atomic E-state index is 5.26. The van der Waals surface area contributed by atoms with Crippen molar-refractivity contribution < 1.29 is 9.47 Å². The molecular weight excluding hydrogens is 336 g/mol. The van der Waals surface area contributed by atoms with E-state index in [-0.39, 0.29) is 0 Å². The average Bonchev–Trinajstić information content (AvgIpc) is 2.29. The Bertz CT molecular complexity index is 490. The third-order valence-electron chi connectivity index (χ3n) is 2.38. The number of benzene rings is 2. The highest BCUT2D eigenvalue weighted by molar-refractivity contribution is 9.13. The molecule has 2 rings (SSSR count). The average molecular weight is 346 g/mol. The zero-order valence-corrected chi connectivity index (χ0v) is 12.1. The van der Waals surface area contributed by atoms with Gasteiger partial charge in [-0.2, -0.15) is 0 Å². The van der Waals surface area contributed by atoms with Gasteiger partial charge in [0.1, 0.15) is 0 Å². The maximum atomic E-state index is 5.26. The van der Waals surface area contributed by atoms with Gasteiger partial charge in [-0.15, -0.1) is 0 Å². The predicted octanol–water partition coefficient (Wildman–Crippen LogP) is 4.38. The van der Waals surface area contributed by atoms with E-state index in [9.17, 15) is 0 Å². The molecule has 0 bridgehead atoms. The van der Waals surface area contributed by atoms with Gasteiger partial charge in [0.15, 0.2) is 11.5 Å². The topological polar surface area (TPSA) is 18.5 Å². The molecule has 0 atom stereocenters. The second kappa shape index (κ2) is 4.63. The van der Waals surface area contributed by atoms with Gasteiger partial charge in [-0.25, -0.2) is 0 Å². The first-order chi connectivity index (χ1) is 7.65. The molecule has 0 saturated heterocycles. The van der Waals surface area contributed by atoms with Crippen molar-refractivity contribution in [1.29, 1.82) is 0 Å². The Morgan fingerprint density at radius 3 is 1.44 bits per heavy atom. The standard InChI is InChI=1S/C12H10Br2O2/c1-15-11-5-7-3-9(13)10(14)4-8(7)6-12(11)16-2/h3-6H,1-2H3. The summed E-state index contributed by atoms with van der Waals surface area (Å²) < 4.78 is 12.6. The lowest BCUT2D eigenvalue weighted by Crippen LogP contribution is -1.90. The number of halogens is 2. The second-order valence-corrected chi connectivity index (χ2v) is 5.03. The van der Waals surface area contributed by atoms with Crippen LogP contribution in [0.3, 0.4) is 0 Å². The number of ether oxygens (including phenoxy) is 2. The van der Waals surface area contributed by atoms with Gasteiger partial charge in [0, 0.05) is 8.95 Å². The maximum Gasteiger partial charge on any atom is 0.161 e. The highest BCUT2D eigenvalue weighted by atomic mass is 79.9. The molecule has 0 N–H and O–H groups in total. The van der Waals surface area contributed by atoms with Crippen LogP contribution in [-0.2, 0) is 0 Å². The summed E-state index contributed by atoms with van der Waals surface area (Å²) in [6.45, 7) is 0. The second-order valence-electron chi connectivity index (χ2n) is 3.32. The largest absolute Gasteiger partial charge is 0.493 e. The summed E-state index contributed by atoms with van der Waals surface area (Å²) >= 11 is 6.96. The van der Waals surface area contributed by atoms with Crippen LogP contribution in [0.2, 0.25) is 0 Å². The van der Waals surface area contributed by atoms with Crippen molar-refractivity contribution in [3.63, 3.8) is 0 Å². The van der Waals surface area contributed by atoms with E-state index < -0.39 is 0 Å². The van der Waals surface area contributed by atoms with Gasteiger partial charge in [-0.1, -0.05) is 0 Å². The highest BCUT2D eigenvalue weighted by Gasteiger charge is 2.07. The molecule has 0 amide bonds. The Hall–Kier alpha value is -0.740. The molecule has 4 heteroatoms. The SMILES string of the molecule is COc1cc2cc(Br)c(Br)cc2cc1OC. The summed E-state index contributed by atoms with van der Waals surface area (Å²) in [5.41, 5.74) is 0. The molecule has 0 aliphatic carbocycles. The third-order valence-corrected chi connectivity index (χ3v) is 4.23. The van der Waals surface area contributed by atoms with Crippen LogP contribution < -0.4 is 9.47 Å². The van der Waals surface area contributed by atoms with Crippen LogP contribution >= 0.6 is 31.9 Å². The lowest BCUT2D eigenvalue weighted by molar-refractivity contribution is 0.356. The molecule has 0 unspecified atom stereocenters. The molecule has 0 aliphatic rings. The molecule has 0 radical (unpaired) electrons. The fraction of sp³-hybridized carbons (Fsp3) is 0.167. The molecule has 0 saturated carbocycles. The van der Waals surface area contributed by atoms with Crippen molar-refractivity contribution in [3.8, 4) is 11.5 Å².